The van der Waals surface area contributed by atoms with Crippen molar-refractivity contribution in [3.63, 3.8) is 0 Å². The van der Waals surface area contributed by atoms with Crippen LogP contribution in [0.2, 0.25) is 0 Å². The number of anilines is 1. The first-order valence-electron chi connectivity index (χ1n) is 7.30. The van der Waals surface area contributed by atoms with E-state index >= 15 is 0 Å². The van der Waals surface area contributed by atoms with Gasteiger partial charge in [-0.15, -0.1) is 0 Å². The average molecular weight is 327 g/mol. The maximum absolute atomic E-state index is 12.3. The molecule has 0 radical (unpaired) electrons. The van der Waals surface area contributed by atoms with Crippen molar-refractivity contribution in [1.82, 2.24) is 9.55 Å². The van der Waals surface area contributed by atoms with Gasteiger partial charge in [-0.2, -0.15) is 0 Å². The molecule has 1 amide bonds. The van der Waals surface area contributed by atoms with Crippen LogP contribution in [-0.4, -0.2) is 29.7 Å². The molecular formula is C17H17N3O4. The van der Waals surface area contributed by atoms with Crippen molar-refractivity contribution in [3.05, 3.63) is 53.1 Å². The number of ether oxygens (including phenoxy) is 2. The van der Waals surface area contributed by atoms with Gasteiger partial charge in [0.25, 0.3) is 5.56 Å². The number of nitrogens with one attached hydrogen (secondary N) is 2. The molecule has 124 valence electrons. The van der Waals surface area contributed by atoms with Crippen molar-refractivity contribution in [3.8, 4) is 11.5 Å². The quantitative estimate of drug-likeness (QED) is 0.750. The molecule has 2 heterocycles. The van der Waals surface area contributed by atoms with Gasteiger partial charge in [0, 0.05) is 36.3 Å². The summed E-state index contributed by atoms with van der Waals surface area (Å²) in [7, 11) is 3.09. The van der Waals surface area contributed by atoms with Crippen molar-refractivity contribution < 1.29 is 14.3 Å². The highest BCUT2D eigenvalue weighted by molar-refractivity contribution is 5.92. The zero-order valence-electron chi connectivity index (χ0n) is 13.3. The molecule has 0 spiro atoms. The standard InChI is InChI=1S/C17H17N3O4/c1-23-12-7-11(8-13(9-12)24-2)19-16(21)10-20-6-4-14-15(20)3-5-18-17(14)22/h3-9H,10H2,1-2H3,(H,18,22)(H,19,21). The Hall–Kier alpha value is -3.22. The number of carbonyl (C=O) groups excluding carboxylic acids is 1. The lowest BCUT2D eigenvalue weighted by atomic mass is 10.2. The summed E-state index contributed by atoms with van der Waals surface area (Å²) < 4.78 is 12.1. The third-order valence-electron chi connectivity index (χ3n) is 3.66. The average Bonchev–Trinajstić information content (AvgIpc) is 2.98. The van der Waals surface area contributed by atoms with E-state index in [2.05, 4.69) is 10.3 Å². The van der Waals surface area contributed by atoms with Crippen LogP contribution in [-0.2, 0) is 11.3 Å². The summed E-state index contributed by atoms with van der Waals surface area (Å²) in [5, 5.41) is 3.35. The molecule has 0 aliphatic rings. The molecule has 2 aromatic heterocycles. The Morgan fingerprint density at radius 2 is 1.88 bits per heavy atom. The lowest BCUT2D eigenvalue weighted by molar-refractivity contribution is -0.116. The summed E-state index contributed by atoms with van der Waals surface area (Å²) in [4.78, 5) is 26.6. The molecule has 3 aromatic rings. The molecule has 1 aromatic carbocycles. The lowest BCUT2D eigenvalue weighted by Crippen LogP contribution is -2.18. The first kappa shape index (κ1) is 15.7. The van der Waals surface area contributed by atoms with E-state index in [4.69, 9.17) is 9.47 Å². The van der Waals surface area contributed by atoms with Gasteiger partial charge < -0.3 is 24.3 Å². The molecule has 7 nitrogen and oxygen atoms in total. The third-order valence-corrected chi connectivity index (χ3v) is 3.66. The first-order chi connectivity index (χ1) is 11.6. The highest BCUT2D eigenvalue weighted by Gasteiger charge is 2.10. The van der Waals surface area contributed by atoms with E-state index in [9.17, 15) is 9.59 Å². The van der Waals surface area contributed by atoms with Gasteiger partial charge in [0.2, 0.25) is 5.91 Å². The van der Waals surface area contributed by atoms with Crippen molar-refractivity contribution >= 4 is 22.5 Å². The number of H-pyrrole nitrogens is 1. The summed E-state index contributed by atoms with van der Waals surface area (Å²) in [6, 6.07) is 8.59. The predicted octanol–water partition coefficient (Wildman–Crippen LogP) is 1.99. The number of hydrogen-bond acceptors (Lipinski definition) is 4. The fourth-order valence-electron chi connectivity index (χ4n) is 2.51. The number of amides is 1. The summed E-state index contributed by atoms with van der Waals surface area (Å²) in [5.41, 5.74) is 1.10. The third kappa shape index (κ3) is 3.10. The molecule has 0 saturated carbocycles. The molecular weight excluding hydrogens is 310 g/mol. The van der Waals surface area contributed by atoms with Gasteiger partial charge in [0.05, 0.1) is 25.1 Å². The molecule has 0 atom stereocenters. The smallest absolute Gasteiger partial charge is 0.257 e. The molecule has 3 rings (SSSR count). The van der Waals surface area contributed by atoms with Crippen molar-refractivity contribution in [2.75, 3.05) is 19.5 Å². The summed E-state index contributed by atoms with van der Waals surface area (Å²) >= 11 is 0. The fourth-order valence-corrected chi connectivity index (χ4v) is 2.51. The maximum atomic E-state index is 12.3. The van der Waals surface area contributed by atoms with Gasteiger partial charge in [-0.3, -0.25) is 9.59 Å². The molecule has 2 N–H and O–H groups in total. The predicted molar refractivity (Wildman–Crippen MR) is 90.7 cm³/mol. The van der Waals surface area contributed by atoms with Gasteiger partial charge in [-0.05, 0) is 12.1 Å². The molecule has 24 heavy (non-hydrogen) atoms. The van der Waals surface area contributed by atoms with Crippen LogP contribution < -0.4 is 20.3 Å². The lowest BCUT2D eigenvalue weighted by Gasteiger charge is -2.10. The number of fused-ring (bicyclic) bond motifs is 1. The van der Waals surface area contributed by atoms with Gasteiger partial charge in [0.15, 0.2) is 0 Å². The van der Waals surface area contributed by atoms with Crippen LogP contribution in [0, 0.1) is 0 Å². The molecule has 0 aliphatic carbocycles. The van der Waals surface area contributed by atoms with Crippen LogP contribution in [0.15, 0.2) is 47.5 Å². The largest absolute Gasteiger partial charge is 0.497 e. The number of carbonyl (C=O) groups is 1. The van der Waals surface area contributed by atoms with Crippen molar-refractivity contribution in [2.24, 2.45) is 0 Å². The van der Waals surface area contributed by atoms with Crippen LogP contribution in [0.4, 0.5) is 5.69 Å². The van der Waals surface area contributed by atoms with Crippen molar-refractivity contribution in [2.45, 2.75) is 6.54 Å². The maximum Gasteiger partial charge on any atom is 0.257 e. The number of aromatic amines is 1. The van der Waals surface area contributed by atoms with Gasteiger partial charge >= 0.3 is 0 Å². The fraction of sp³-hybridized carbons (Fsp3) is 0.176. The highest BCUT2D eigenvalue weighted by atomic mass is 16.5. The number of rotatable bonds is 5. The molecule has 0 bridgehead atoms. The van der Waals surface area contributed by atoms with Crippen LogP contribution in [0.5, 0.6) is 11.5 Å². The Morgan fingerprint density at radius 1 is 1.17 bits per heavy atom. The molecule has 0 saturated heterocycles. The Bertz CT molecular complexity index is 920. The minimum atomic E-state index is -0.219. The molecule has 0 unspecified atom stereocenters. The Morgan fingerprint density at radius 3 is 2.54 bits per heavy atom. The zero-order valence-corrected chi connectivity index (χ0v) is 13.3. The number of aromatic nitrogens is 2. The number of benzene rings is 1. The SMILES string of the molecule is COc1cc(NC(=O)Cn2ccc3c(=O)[nH]ccc32)cc(OC)c1. The minimum absolute atomic E-state index is 0.0898. The molecule has 7 heteroatoms. The normalized spacial score (nSPS) is 10.6. The minimum Gasteiger partial charge on any atom is -0.497 e. The van der Waals surface area contributed by atoms with Crippen LogP contribution >= 0.6 is 0 Å². The van der Waals surface area contributed by atoms with Crippen LogP contribution in [0.1, 0.15) is 0 Å². The van der Waals surface area contributed by atoms with E-state index in [0.29, 0.717) is 28.1 Å². The Balaban J connectivity index is 1.80. The monoisotopic (exact) mass is 327 g/mol. The van der Waals surface area contributed by atoms with Gasteiger partial charge in [0.1, 0.15) is 18.0 Å². The second-order valence-corrected chi connectivity index (χ2v) is 5.20. The molecule has 0 fully saturated rings. The van der Waals surface area contributed by atoms with E-state index in [1.807, 2.05) is 0 Å². The Kier molecular flexibility index (Phi) is 4.24. The van der Waals surface area contributed by atoms with Gasteiger partial charge in [-0.25, -0.2) is 0 Å². The number of nitrogens with zero attached hydrogens (tertiary/aromatic N) is 1. The van der Waals surface area contributed by atoms with E-state index in [1.54, 1.807) is 61.5 Å². The van der Waals surface area contributed by atoms with Gasteiger partial charge in [-0.1, -0.05) is 0 Å². The summed E-state index contributed by atoms with van der Waals surface area (Å²) in [6.45, 7) is 0.0898. The van der Waals surface area contributed by atoms with Crippen LogP contribution in [0.3, 0.4) is 0 Å². The van der Waals surface area contributed by atoms with Crippen molar-refractivity contribution in [1.29, 1.82) is 0 Å². The molecule has 0 aliphatic heterocycles. The van der Waals surface area contributed by atoms with E-state index in [-0.39, 0.29) is 18.0 Å². The topological polar surface area (TPSA) is 85.4 Å². The number of pyridine rings is 1. The van der Waals surface area contributed by atoms with Crippen LogP contribution in [0.25, 0.3) is 10.9 Å². The second kappa shape index (κ2) is 6.49. The Labute approximate surface area is 137 Å². The number of hydrogen-bond donors (Lipinski definition) is 2. The van der Waals surface area contributed by atoms with E-state index in [0.717, 1.165) is 0 Å². The second-order valence-electron chi connectivity index (χ2n) is 5.20. The highest BCUT2D eigenvalue weighted by Crippen LogP contribution is 2.25. The summed E-state index contributed by atoms with van der Waals surface area (Å²) in [5.74, 6) is 0.952. The zero-order chi connectivity index (χ0) is 17.1. The van der Waals surface area contributed by atoms with E-state index < -0.39 is 0 Å². The van der Waals surface area contributed by atoms with E-state index in [1.165, 1.54) is 0 Å². The summed E-state index contributed by atoms with van der Waals surface area (Å²) in [6.07, 6.45) is 3.28. The number of methoxy groups -OCH3 is 2. The first-order valence-corrected chi connectivity index (χ1v) is 7.30.